The van der Waals surface area contributed by atoms with Gasteiger partial charge in [-0.15, -0.1) is 0 Å². The van der Waals surface area contributed by atoms with Gasteiger partial charge in [0.1, 0.15) is 5.75 Å². The number of aromatic hydroxyl groups is 1. The van der Waals surface area contributed by atoms with Crippen molar-refractivity contribution >= 4 is 34.5 Å². The van der Waals surface area contributed by atoms with Gasteiger partial charge in [0.25, 0.3) is 0 Å². The summed E-state index contributed by atoms with van der Waals surface area (Å²) in [6, 6.07) is 5.52. The molecule has 2 N–H and O–H groups in total. The lowest BCUT2D eigenvalue weighted by molar-refractivity contribution is 0.0694. The third kappa shape index (κ3) is 3.51. The number of hydrogen-bond donors (Lipinski definition) is 2. The van der Waals surface area contributed by atoms with Crippen molar-refractivity contribution in [3.05, 3.63) is 28.7 Å². The number of morpholine rings is 1. The summed E-state index contributed by atoms with van der Waals surface area (Å²) in [6.07, 6.45) is 1.82. The quantitative estimate of drug-likeness (QED) is 0.869. The third-order valence-corrected chi connectivity index (χ3v) is 4.80. The predicted octanol–water partition coefficient (Wildman–Crippen LogP) is 2.21. The Morgan fingerprint density at radius 3 is 2.74 bits per heavy atom. The lowest BCUT2D eigenvalue weighted by Gasteiger charge is -2.27. The van der Waals surface area contributed by atoms with Crippen LogP contribution in [0.3, 0.4) is 0 Å². The Hall–Kier alpha value is -1.99. The summed E-state index contributed by atoms with van der Waals surface area (Å²) in [5, 5.41) is 19.1. The van der Waals surface area contributed by atoms with E-state index in [4.69, 9.17) is 10.1 Å². The number of phenolic OH excluding ortho intramolecular Hbond substituents is 1. The SMILES string of the molecule is CN(C)c1ccc(/C=C2\SC(N3CCOCC3)=NC2=N)c(O)c1. The fourth-order valence-corrected chi connectivity index (χ4v) is 3.36. The first-order chi connectivity index (χ1) is 11.0. The smallest absolute Gasteiger partial charge is 0.171 e. The molecule has 1 saturated heterocycles. The van der Waals surface area contributed by atoms with Crippen LogP contribution >= 0.6 is 11.8 Å². The molecule has 0 radical (unpaired) electrons. The number of hydrogen-bond acceptors (Lipinski definition) is 6. The highest BCUT2D eigenvalue weighted by molar-refractivity contribution is 8.18. The Morgan fingerprint density at radius 1 is 1.35 bits per heavy atom. The largest absolute Gasteiger partial charge is 0.507 e. The van der Waals surface area contributed by atoms with Crippen molar-refractivity contribution in [1.82, 2.24) is 4.90 Å². The fraction of sp³-hybridized carbons (Fsp3) is 0.375. The number of nitrogens with one attached hydrogen (secondary N) is 1. The molecule has 0 bridgehead atoms. The molecule has 0 unspecified atom stereocenters. The maximum atomic E-state index is 10.2. The van der Waals surface area contributed by atoms with E-state index in [2.05, 4.69) is 9.89 Å². The Labute approximate surface area is 140 Å². The van der Waals surface area contributed by atoms with Crippen LogP contribution in [0.25, 0.3) is 6.08 Å². The van der Waals surface area contributed by atoms with E-state index in [1.54, 1.807) is 6.07 Å². The molecule has 0 aliphatic carbocycles. The number of rotatable bonds is 2. The second kappa shape index (κ2) is 6.64. The Balaban J connectivity index is 1.77. The van der Waals surface area contributed by atoms with E-state index in [0.717, 1.165) is 28.8 Å². The highest BCUT2D eigenvalue weighted by Gasteiger charge is 2.25. The third-order valence-electron chi connectivity index (χ3n) is 3.74. The van der Waals surface area contributed by atoms with E-state index in [1.807, 2.05) is 37.2 Å². The summed E-state index contributed by atoms with van der Waals surface area (Å²) in [4.78, 5) is 9.16. The molecular formula is C16H20N4O2S. The molecule has 0 amide bonds. The van der Waals surface area contributed by atoms with E-state index in [1.165, 1.54) is 11.8 Å². The predicted molar refractivity (Wildman–Crippen MR) is 95.6 cm³/mol. The van der Waals surface area contributed by atoms with Crippen molar-refractivity contribution in [3.8, 4) is 5.75 Å². The molecule has 0 atom stereocenters. The number of ether oxygens (including phenoxy) is 1. The van der Waals surface area contributed by atoms with Gasteiger partial charge in [0.05, 0.1) is 18.1 Å². The molecule has 0 spiro atoms. The normalized spacial score (nSPS) is 20.1. The van der Waals surface area contributed by atoms with E-state index in [-0.39, 0.29) is 11.6 Å². The number of amidine groups is 2. The van der Waals surface area contributed by atoms with Gasteiger partial charge in [0, 0.05) is 44.5 Å². The Bertz CT molecular complexity index is 679. The molecule has 2 aliphatic heterocycles. The fourth-order valence-electron chi connectivity index (χ4n) is 2.38. The van der Waals surface area contributed by atoms with E-state index >= 15 is 0 Å². The molecular weight excluding hydrogens is 312 g/mol. The maximum Gasteiger partial charge on any atom is 0.171 e. The lowest BCUT2D eigenvalue weighted by Crippen LogP contribution is -2.38. The maximum absolute atomic E-state index is 10.2. The van der Waals surface area contributed by atoms with Crippen molar-refractivity contribution < 1.29 is 9.84 Å². The van der Waals surface area contributed by atoms with Gasteiger partial charge < -0.3 is 19.6 Å². The summed E-state index contributed by atoms with van der Waals surface area (Å²) in [5.41, 5.74) is 1.63. The van der Waals surface area contributed by atoms with Gasteiger partial charge >= 0.3 is 0 Å². The lowest BCUT2D eigenvalue weighted by atomic mass is 10.1. The summed E-state index contributed by atoms with van der Waals surface area (Å²) in [7, 11) is 3.86. The standard InChI is InChI=1S/C16H20N4O2S/c1-19(2)12-4-3-11(13(21)10-12)9-14-15(17)18-16(23-14)20-5-7-22-8-6-20/h3-4,9-10,17,21H,5-8H2,1-2H3/b14-9-,17-15?. The molecule has 2 aliphatic rings. The van der Waals surface area contributed by atoms with Crippen LogP contribution in [-0.4, -0.2) is 61.4 Å². The first-order valence-corrected chi connectivity index (χ1v) is 8.26. The van der Waals surface area contributed by atoms with E-state index in [0.29, 0.717) is 18.8 Å². The zero-order valence-electron chi connectivity index (χ0n) is 13.2. The number of benzene rings is 1. The summed E-state index contributed by atoms with van der Waals surface area (Å²) >= 11 is 1.47. The Morgan fingerprint density at radius 2 is 2.09 bits per heavy atom. The van der Waals surface area contributed by atoms with Crippen molar-refractivity contribution in [3.63, 3.8) is 0 Å². The number of aliphatic imine (C=N–C) groups is 1. The molecule has 1 fully saturated rings. The van der Waals surface area contributed by atoms with Gasteiger partial charge in [0.15, 0.2) is 11.0 Å². The van der Waals surface area contributed by atoms with Crippen LogP contribution in [0.5, 0.6) is 5.75 Å². The number of thioether (sulfide) groups is 1. The van der Waals surface area contributed by atoms with Crippen LogP contribution in [0.1, 0.15) is 5.56 Å². The molecule has 0 saturated carbocycles. The molecule has 1 aromatic rings. The molecule has 122 valence electrons. The number of phenols is 1. The molecule has 1 aromatic carbocycles. The first-order valence-electron chi connectivity index (χ1n) is 7.45. The zero-order valence-corrected chi connectivity index (χ0v) is 14.1. The number of nitrogens with zero attached hydrogens (tertiary/aromatic N) is 3. The second-order valence-electron chi connectivity index (χ2n) is 5.59. The van der Waals surface area contributed by atoms with Crippen LogP contribution in [-0.2, 0) is 4.74 Å². The first kappa shape index (κ1) is 15.9. The van der Waals surface area contributed by atoms with Gasteiger partial charge in [-0.1, -0.05) is 0 Å². The zero-order chi connectivity index (χ0) is 16.4. The Kier molecular flexibility index (Phi) is 4.58. The second-order valence-corrected chi connectivity index (χ2v) is 6.60. The highest BCUT2D eigenvalue weighted by atomic mass is 32.2. The van der Waals surface area contributed by atoms with Crippen LogP contribution in [0, 0.1) is 5.41 Å². The van der Waals surface area contributed by atoms with Crippen LogP contribution < -0.4 is 4.90 Å². The molecule has 2 heterocycles. The van der Waals surface area contributed by atoms with E-state index in [9.17, 15) is 5.11 Å². The summed E-state index contributed by atoms with van der Waals surface area (Å²) in [6.45, 7) is 2.99. The van der Waals surface area contributed by atoms with Gasteiger partial charge in [-0.25, -0.2) is 4.99 Å². The molecule has 0 aromatic heterocycles. The van der Waals surface area contributed by atoms with Crippen molar-refractivity contribution in [1.29, 1.82) is 5.41 Å². The highest BCUT2D eigenvalue weighted by Crippen LogP contribution is 2.33. The monoisotopic (exact) mass is 332 g/mol. The van der Waals surface area contributed by atoms with Crippen LogP contribution in [0.2, 0.25) is 0 Å². The minimum absolute atomic E-state index is 0.205. The average Bonchev–Trinajstić information content (AvgIpc) is 2.91. The van der Waals surface area contributed by atoms with Crippen LogP contribution in [0.4, 0.5) is 5.69 Å². The molecule has 3 rings (SSSR count). The summed E-state index contributed by atoms with van der Waals surface area (Å²) < 4.78 is 5.34. The molecule has 23 heavy (non-hydrogen) atoms. The molecule has 6 nitrogen and oxygen atoms in total. The molecule has 7 heteroatoms. The number of anilines is 1. The topological polar surface area (TPSA) is 72.2 Å². The van der Waals surface area contributed by atoms with Gasteiger partial charge in [-0.2, -0.15) is 0 Å². The van der Waals surface area contributed by atoms with Crippen LogP contribution in [0.15, 0.2) is 28.1 Å². The van der Waals surface area contributed by atoms with Crippen molar-refractivity contribution in [2.45, 2.75) is 0 Å². The van der Waals surface area contributed by atoms with Gasteiger partial charge in [-0.3, -0.25) is 5.41 Å². The van der Waals surface area contributed by atoms with Gasteiger partial charge in [-0.05, 0) is 30.0 Å². The van der Waals surface area contributed by atoms with Crippen molar-refractivity contribution in [2.24, 2.45) is 4.99 Å². The summed E-state index contributed by atoms with van der Waals surface area (Å²) in [5.74, 6) is 0.449. The minimum Gasteiger partial charge on any atom is -0.507 e. The minimum atomic E-state index is 0.205. The van der Waals surface area contributed by atoms with E-state index < -0.39 is 0 Å². The average molecular weight is 332 g/mol. The van der Waals surface area contributed by atoms with Gasteiger partial charge in [0.2, 0.25) is 0 Å². The van der Waals surface area contributed by atoms with Crippen molar-refractivity contribution in [2.75, 3.05) is 45.3 Å².